The average Bonchev–Trinajstić information content (AvgIpc) is 2.39. The number of nitriles is 1. The first-order chi connectivity index (χ1) is 9.00. The summed E-state index contributed by atoms with van der Waals surface area (Å²) in [5, 5.41) is 8.65. The quantitative estimate of drug-likeness (QED) is 0.806. The molecular formula is C14H8F3NO. The minimum atomic E-state index is -4.57. The second-order valence-electron chi connectivity index (χ2n) is 3.74. The lowest BCUT2D eigenvalue weighted by Gasteiger charge is -2.13. The lowest BCUT2D eigenvalue weighted by molar-refractivity contribution is -0.138. The third-order valence-electron chi connectivity index (χ3n) is 2.39. The number of alkyl halides is 3. The Morgan fingerprint density at radius 3 is 2.26 bits per heavy atom. The highest BCUT2D eigenvalue weighted by Gasteiger charge is 2.34. The van der Waals surface area contributed by atoms with Crippen molar-refractivity contribution in [1.29, 1.82) is 5.26 Å². The van der Waals surface area contributed by atoms with Crippen molar-refractivity contribution in [1.82, 2.24) is 0 Å². The van der Waals surface area contributed by atoms with Crippen LogP contribution in [0.3, 0.4) is 0 Å². The van der Waals surface area contributed by atoms with Crippen molar-refractivity contribution in [2.75, 3.05) is 0 Å². The van der Waals surface area contributed by atoms with Crippen molar-refractivity contribution in [3.63, 3.8) is 0 Å². The molecule has 0 aliphatic heterocycles. The molecule has 0 spiro atoms. The zero-order chi connectivity index (χ0) is 13.9. The molecule has 0 aromatic heterocycles. The second-order valence-corrected chi connectivity index (χ2v) is 3.74. The van der Waals surface area contributed by atoms with E-state index >= 15 is 0 Å². The van der Waals surface area contributed by atoms with Gasteiger partial charge in [0.05, 0.1) is 17.2 Å². The van der Waals surface area contributed by atoms with E-state index in [0.29, 0.717) is 5.75 Å². The molecule has 0 saturated carbocycles. The van der Waals surface area contributed by atoms with E-state index in [1.807, 2.05) is 0 Å². The summed E-state index contributed by atoms with van der Waals surface area (Å²) in [5.74, 6) is -0.0181. The Morgan fingerprint density at radius 2 is 1.68 bits per heavy atom. The summed E-state index contributed by atoms with van der Waals surface area (Å²) in [7, 11) is 0. The SMILES string of the molecule is N#Cc1ccc(Oc2ccccc2)c(C(F)(F)F)c1. The number of hydrogen-bond acceptors (Lipinski definition) is 2. The summed E-state index contributed by atoms with van der Waals surface area (Å²) >= 11 is 0. The van der Waals surface area contributed by atoms with E-state index in [1.165, 1.54) is 6.07 Å². The molecule has 0 fully saturated rings. The van der Waals surface area contributed by atoms with E-state index in [2.05, 4.69) is 0 Å². The molecule has 0 heterocycles. The van der Waals surface area contributed by atoms with Crippen LogP contribution in [0.25, 0.3) is 0 Å². The topological polar surface area (TPSA) is 33.0 Å². The molecule has 2 aromatic carbocycles. The highest BCUT2D eigenvalue weighted by Crippen LogP contribution is 2.38. The van der Waals surface area contributed by atoms with Gasteiger partial charge in [-0.15, -0.1) is 0 Å². The minimum Gasteiger partial charge on any atom is -0.457 e. The van der Waals surface area contributed by atoms with E-state index in [1.54, 1.807) is 36.4 Å². The number of halogens is 3. The fourth-order valence-corrected chi connectivity index (χ4v) is 1.53. The highest BCUT2D eigenvalue weighted by atomic mass is 19.4. The molecule has 5 heteroatoms. The molecule has 0 amide bonds. The second kappa shape index (κ2) is 5.02. The van der Waals surface area contributed by atoms with Crippen molar-refractivity contribution >= 4 is 0 Å². The van der Waals surface area contributed by atoms with Gasteiger partial charge in [0.15, 0.2) is 0 Å². The van der Waals surface area contributed by atoms with Crippen LogP contribution in [0.5, 0.6) is 11.5 Å². The van der Waals surface area contributed by atoms with Crippen LogP contribution < -0.4 is 4.74 Å². The Labute approximate surface area is 107 Å². The Hall–Kier alpha value is -2.48. The fourth-order valence-electron chi connectivity index (χ4n) is 1.53. The Balaban J connectivity index is 2.43. The Kier molecular flexibility index (Phi) is 3.43. The van der Waals surface area contributed by atoms with Gasteiger partial charge >= 0.3 is 6.18 Å². The lowest BCUT2D eigenvalue weighted by Crippen LogP contribution is -2.07. The zero-order valence-corrected chi connectivity index (χ0v) is 9.61. The van der Waals surface area contributed by atoms with Crippen LogP contribution in [-0.2, 0) is 6.18 Å². The maximum absolute atomic E-state index is 12.9. The lowest BCUT2D eigenvalue weighted by atomic mass is 10.1. The monoisotopic (exact) mass is 263 g/mol. The van der Waals surface area contributed by atoms with Crippen LogP contribution >= 0.6 is 0 Å². The molecule has 0 saturated heterocycles. The van der Waals surface area contributed by atoms with Crippen LogP contribution in [0, 0.1) is 11.3 Å². The molecule has 0 atom stereocenters. The normalized spacial score (nSPS) is 10.8. The molecule has 0 aliphatic rings. The van der Waals surface area contributed by atoms with Gasteiger partial charge in [-0.3, -0.25) is 0 Å². The van der Waals surface area contributed by atoms with Gasteiger partial charge in [-0.05, 0) is 30.3 Å². The van der Waals surface area contributed by atoms with Crippen molar-refractivity contribution in [3.8, 4) is 17.6 Å². The van der Waals surface area contributed by atoms with E-state index in [0.717, 1.165) is 12.1 Å². The molecule has 0 N–H and O–H groups in total. The average molecular weight is 263 g/mol. The molecule has 2 nitrogen and oxygen atoms in total. The molecule has 19 heavy (non-hydrogen) atoms. The number of hydrogen-bond donors (Lipinski definition) is 0. The van der Waals surface area contributed by atoms with Crippen LogP contribution in [0.15, 0.2) is 48.5 Å². The van der Waals surface area contributed by atoms with Crippen LogP contribution in [0.4, 0.5) is 13.2 Å². The molecule has 0 aliphatic carbocycles. The fraction of sp³-hybridized carbons (Fsp3) is 0.0714. The van der Waals surface area contributed by atoms with Crippen LogP contribution in [0.1, 0.15) is 11.1 Å². The first kappa shape index (κ1) is 13.0. The van der Waals surface area contributed by atoms with Gasteiger partial charge in [0.2, 0.25) is 0 Å². The van der Waals surface area contributed by atoms with Crippen LogP contribution in [0.2, 0.25) is 0 Å². The van der Waals surface area contributed by atoms with E-state index in [-0.39, 0.29) is 11.3 Å². The van der Waals surface area contributed by atoms with E-state index in [4.69, 9.17) is 10.00 Å². The number of nitrogens with zero attached hydrogens (tertiary/aromatic N) is 1. The van der Waals surface area contributed by atoms with Crippen molar-refractivity contribution < 1.29 is 17.9 Å². The number of rotatable bonds is 2. The Morgan fingerprint density at radius 1 is 1.00 bits per heavy atom. The summed E-state index contributed by atoms with van der Waals surface area (Å²) in [6.07, 6.45) is -4.57. The number of benzene rings is 2. The van der Waals surface area contributed by atoms with Gasteiger partial charge in [-0.2, -0.15) is 18.4 Å². The van der Waals surface area contributed by atoms with E-state index in [9.17, 15) is 13.2 Å². The third-order valence-corrected chi connectivity index (χ3v) is 2.39. The van der Waals surface area contributed by atoms with Crippen molar-refractivity contribution in [3.05, 3.63) is 59.7 Å². The molecule has 2 rings (SSSR count). The number of ether oxygens (including phenoxy) is 1. The first-order valence-electron chi connectivity index (χ1n) is 5.35. The van der Waals surface area contributed by atoms with Gasteiger partial charge in [-0.1, -0.05) is 18.2 Å². The van der Waals surface area contributed by atoms with E-state index < -0.39 is 11.7 Å². The van der Waals surface area contributed by atoms with Crippen LogP contribution in [-0.4, -0.2) is 0 Å². The summed E-state index contributed by atoms with van der Waals surface area (Å²) in [6.45, 7) is 0. The van der Waals surface area contributed by atoms with Crippen molar-refractivity contribution in [2.24, 2.45) is 0 Å². The molecule has 0 unspecified atom stereocenters. The summed E-state index contributed by atoms with van der Waals surface area (Å²) in [5.41, 5.74) is -1.02. The summed E-state index contributed by atoms with van der Waals surface area (Å²) in [6, 6.07) is 13.0. The Bertz CT molecular complexity index is 615. The van der Waals surface area contributed by atoms with Gasteiger partial charge in [-0.25, -0.2) is 0 Å². The van der Waals surface area contributed by atoms with Gasteiger partial charge < -0.3 is 4.74 Å². The van der Waals surface area contributed by atoms with Gasteiger partial charge in [0, 0.05) is 0 Å². The first-order valence-corrected chi connectivity index (χ1v) is 5.35. The third kappa shape index (κ3) is 3.05. The number of para-hydroxylation sites is 1. The molecule has 0 radical (unpaired) electrons. The predicted molar refractivity (Wildman–Crippen MR) is 62.7 cm³/mol. The maximum atomic E-state index is 12.9. The zero-order valence-electron chi connectivity index (χ0n) is 9.61. The molecule has 2 aromatic rings. The maximum Gasteiger partial charge on any atom is 0.420 e. The standard InChI is InChI=1S/C14H8F3NO/c15-14(16,17)12-8-10(9-18)6-7-13(12)19-11-4-2-1-3-5-11/h1-8H. The smallest absolute Gasteiger partial charge is 0.420 e. The minimum absolute atomic E-state index is 0.0623. The molecule has 0 bridgehead atoms. The largest absolute Gasteiger partial charge is 0.457 e. The van der Waals surface area contributed by atoms with Crippen molar-refractivity contribution in [2.45, 2.75) is 6.18 Å². The summed E-state index contributed by atoms with van der Waals surface area (Å²) in [4.78, 5) is 0. The molecule has 96 valence electrons. The summed E-state index contributed by atoms with van der Waals surface area (Å²) < 4.78 is 43.8. The highest BCUT2D eigenvalue weighted by molar-refractivity contribution is 5.45. The molecular weight excluding hydrogens is 255 g/mol. The van der Waals surface area contributed by atoms with Gasteiger partial charge in [0.25, 0.3) is 0 Å². The van der Waals surface area contributed by atoms with Gasteiger partial charge in [0.1, 0.15) is 11.5 Å². The predicted octanol–water partition coefficient (Wildman–Crippen LogP) is 4.37.